The summed E-state index contributed by atoms with van der Waals surface area (Å²) in [6, 6.07) is 15.1. The average Bonchev–Trinajstić information content (AvgIpc) is 2.67. The molecule has 1 heterocycles. The van der Waals surface area contributed by atoms with Gasteiger partial charge in [-0.1, -0.05) is 18.2 Å². The second-order valence-electron chi connectivity index (χ2n) is 6.39. The molecule has 3 aromatic rings. The van der Waals surface area contributed by atoms with Crippen molar-refractivity contribution in [3.8, 4) is 5.75 Å². The molecule has 0 saturated heterocycles. The molecule has 28 heavy (non-hydrogen) atoms. The van der Waals surface area contributed by atoms with Gasteiger partial charge in [-0.15, -0.1) is 0 Å². The van der Waals surface area contributed by atoms with E-state index in [2.05, 4.69) is 15.0 Å². The topological polar surface area (TPSA) is 97.4 Å². The summed E-state index contributed by atoms with van der Waals surface area (Å²) in [6.07, 6.45) is 1.63. The van der Waals surface area contributed by atoms with Gasteiger partial charge in [-0.05, 0) is 50.2 Å². The van der Waals surface area contributed by atoms with Crippen LogP contribution in [0.25, 0.3) is 10.9 Å². The Bertz CT molecular complexity index is 1070. The van der Waals surface area contributed by atoms with Crippen molar-refractivity contribution in [2.24, 2.45) is 0 Å². The van der Waals surface area contributed by atoms with Gasteiger partial charge in [0.05, 0.1) is 28.7 Å². The average molecular weight is 399 g/mol. The third kappa shape index (κ3) is 4.85. The normalized spacial score (nSPS) is 11.5. The van der Waals surface area contributed by atoms with Crippen molar-refractivity contribution in [2.75, 3.05) is 11.9 Å². The number of carbonyl (C=O) groups is 1. The van der Waals surface area contributed by atoms with E-state index in [-0.39, 0.29) is 11.0 Å². The number of nitrogens with one attached hydrogen (secondary N) is 2. The van der Waals surface area contributed by atoms with Crippen LogP contribution in [-0.2, 0) is 14.8 Å². The molecule has 1 amide bonds. The highest BCUT2D eigenvalue weighted by atomic mass is 32.2. The van der Waals surface area contributed by atoms with Gasteiger partial charge in [0.1, 0.15) is 5.75 Å². The predicted octanol–water partition coefficient (Wildman–Crippen LogP) is 2.94. The molecule has 0 radical (unpaired) electrons. The van der Waals surface area contributed by atoms with E-state index in [1.807, 2.05) is 26.0 Å². The lowest BCUT2D eigenvalue weighted by Gasteiger charge is -2.11. The molecule has 3 rings (SSSR count). The van der Waals surface area contributed by atoms with Crippen molar-refractivity contribution in [1.29, 1.82) is 0 Å². The van der Waals surface area contributed by atoms with Crippen molar-refractivity contribution < 1.29 is 17.9 Å². The second-order valence-corrected chi connectivity index (χ2v) is 8.16. The molecule has 0 aliphatic rings. The SMILES string of the molecule is CC(C)Oc1ccc(S(=O)(=O)NCC(=O)Nc2cccc3cccnc23)cc1. The van der Waals surface area contributed by atoms with Gasteiger partial charge in [0.25, 0.3) is 0 Å². The highest BCUT2D eigenvalue weighted by Gasteiger charge is 2.16. The quantitative estimate of drug-likeness (QED) is 0.637. The second kappa shape index (κ2) is 8.37. The van der Waals surface area contributed by atoms with Gasteiger partial charge in [0, 0.05) is 11.6 Å². The number of benzene rings is 2. The maximum atomic E-state index is 12.4. The third-order valence-electron chi connectivity index (χ3n) is 3.84. The number of sulfonamides is 1. The third-order valence-corrected chi connectivity index (χ3v) is 5.25. The first kappa shape index (κ1) is 19.8. The van der Waals surface area contributed by atoms with E-state index in [1.54, 1.807) is 36.5 Å². The lowest BCUT2D eigenvalue weighted by molar-refractivity contribution is -0.115. The van der Waals surface area contributed by atoms with Crippen molar-refractivity contribution in [1.82, 2.24) is 9.71 Å². The predicted molar refractivity (Wildman–Crippen MR) is 108 cm³/mol. The summed E-state index contributed by atoms with van der Waals surface area (Å²) in [5, 5.41) is 3.57. The minimum Gasteiger partial charge on any atom is -0.491 e. The highest BCUT2D eigenvalue weighted by Crippen LogP contribution is 2.20. The van der Waals surface area contributed by atoms with E-state index >= 15 is 0 Å². The Balaban J connectivity index is 1.64. The fourth-order valence-corrected chi connectivity index (χ4v) is 3.60. The van der Waals surface area contributed by atoms with Crippen molar-refractivity contribution >= 4 is 32.5 Å². The molecule has 0 bridgehead atoms. The van der Waals surface area contributed by atoms with Gasteiger partial charge in [0.2, 0.25) is 15.9 Å². The monoisotopic (exact) mass is 399 g/mol. The summed E-state index contributed by atoms with van der Waals surface area (Å²) in [6.45, 7) is 3.38. The smallest absolute Gasteiger partial charge is 0.241 e. The van der Waals surface area contributed by atoms with Crippen LogP contribution in [0.5, 0.6) is 5.75 Å². The molecule has 0 aliphatic carbocycles. The van der Waals surface area contributed by atoms with Gasteiger partial charge < -0.3 is 10.1 Å². The van der Waals surface area contributed by atoms with Crippen LogP contribution in [0.3, 0.4) is 0 Å². The van der Waals surface area contributed by atoms with Gasteiger partial charge >= 0.3 is 0 Å². The van der Waals surface area contributed by atoms with Crippen LogP contribution < -0.4 is 14.8 Å². The van der Waals surface area contributed by atoms with E-state index < -0.39 is 22.5 Å². The van der Waals surface area contributed by atoms with Gasteiger partial charge in [-0.25, -0.2) is 13.1 Å². The molecular weight excluding hydrogens is 378 g/mol. The molecule has 1 aromatic heterocycles. The molecule has 0 aliphatic heterocycles. The number of fused-ring (bicyclic) bond motifs is 1. The number of rotatable bonds is 7. The summed E-state index contributed by atoms with van der Waals surface area (Å²) in [7, 11) is -3.82. The summed E-state index contributed by atoms with van der Waals surface area (Å²) in [5.74, 6) is 0.0941. The summed E-state index contributed by atoms with van der Waals surface area (Å²) in [5.41, 5.74) is 1.17. The van der Waals surface area contributed by atoms with Crippen LogP contribution in [0.4, 0.5) is 5.69 Å². The van der Waals surface area contributed by atoms with Crippen LogP contribution in [0, 0.1) is 0 Å². The van der Waals surface area contributed by atoms with Gasteiger partial charge in [-0.3, -0.25) is 9.78 Å². The number of amides is 1. The number of pyridine rings is 1. The van der Waals surface area contributed by atoms with Crippen molar-refractivity contribution in [3.63, 3.8) is 0 Å². The maximum Gasteiger partial charge on any atom is 0.241 e. The number of ether oxygens (including phenoxy) is 1. The Morgan fingerprint density at radius 3 is 2.50 bits per heavy atom. The molecule has 0 unspecified atom stereocenters. The van der Waals surface area contributed by atoms with Crippen LogP contribution in [0.1, 0.15) is 13.8 Å². The molecule has 2 aromatic carbocycles. The van der Waals surface area contributed by atoms with Crippen molar-refractivity contribution in [3.05, 3.63) is 60.8 Å². The first-order chi connectivity index (χ1) is 13.3. The lowest BCUT2D eigenvalue weighted by Crippen LogP contribution is -2.33. The molecule has 0 saturated carbocycles. The van der Waals surface area contributed by atoms with Crippen LogP contribution in [0.15, 0.2) is 65.7 Å². The van der Waals surface area contributed by atoms with Gasteiger partial charge in [-0.2, -0.15) is 0 Å². The molecule has 2 N–H and O–H groups in total. The summed E-state index contributed by atoms with van der Waals surface area (Å²) in [4.78, 5) is 16.5. The molecule has 7 nitrogen and oxygen atoms in total. The van der Waals surface area contributed by atoms with Gasteiger partial charge in [0.15, 0.2) is 0 Å². The number of carbonyl (C=O) groups excluding carboxylic acids is 1. The Kier molecular flexibility index (Phi) is 5.91. The summed E-state index contributed by atoms with van der Waals surface area (Å²) < 4.78 is 32.6. The largest absolute Gasteiger partial charge is 0.491 e. The highest BCUT2D eigenvalue weighted by molar-refractivity contribution is 7.89. The van der Waals surface area contributed by atoms with E-state index in [0.717, 1.165) is 5.39 Å². The zero-order valence-electron chi connectivity index (χ0n) is 15.5. The Morgan fingerprint density at radius 2 is 1.79 bits per heavy atom. The standard InChI is InChI=1S/C20H21N3O4S/c1-14(2)27-16-8-10-17(11-9-16)28(25,26)22-13-19(24)23-18-7-3-5-15-6-4-12-21-20(15)18/h3-12,14,22H,13H2,1-2H3,(H,23,24). The number of para-hydroxylation sites is 1. The fraction of sp³-hybridized carbons (Fsp3) is 0.200. The number of anilines is 1. The van der Waals surface area contributed by atoms with Crippen LogP contribution in [0.2, 0.25) is 0 Å². The first-order valence-corrected chi connectivity index (χ1v) is 10.2. The number of nitrogens with zero attached hydrogens (tertiary/aromatic N) is 1. The number of aromatic nitrogens is 1. The summed E-state index contributed by atoms with van der Waals surface area (Å²) >= 11 is 0. The zero-order valence-corrected chi connectivity index (χ0v) is 16.4. The molecule has 8 heteroatoms. The fourth-order valence-electron chi connectivity index (χ4n) is 2.61. The minimum absolute atomic E-state index is 0.00663. The van der Waals surface area contributed by atoms with E-state index in [1.165, 1.54) is 12.1 Å². The molecule has 0 fully saturated rings. The maximum absolute atomic E-state index is 12.4. The van der Waals surface area contributed by atoms with Crippen LogP contribution in [-0.4, -0.2) is 32.0 Å². The van der Waals surface area contributed by atoms with Crippen molar-refractivity contribution in [2.45, 2.75) is 24.8 Å². The Hall–Kier alpha value is -2.97. The van der Waals surface area contributed by atoms with E-state index in [0.29, 0.717) is 17.0 Å². The minimum atomic E-state index is -3.82. The number of hydrogen-bond acceptors (Lipinski definition) is 5. The number of hydrogen-bond donors (Lipinski definition) is 2. The molecule has 146 valence electrons. The van der Waals surface area contributed by atoms with Crippen LogP contribution >= 0.6 is 0 Å². The Morgan fingerprint density at radius 1 is 1.07 bits per heavy atom. The van der Waals surface area contributed by atoms with E-state index in [9.17, 15) is 13.2 Å². The zero-order chi connectivity index (χ0) is 20.1. The molecule has 0 atom stereocenters. The molecular formula is C20H21N3O4S. The first-order valence-electron chi connectivity index (χ1n) is 8.75. The van der Waals surface area contributed by atoms with E-state index in [4.69, 9.17) is 4.74 Å². The molecule has 0 spiro atoms. The lowest BCUT2D eigenvalue weighted by atomic mass is 10.2. The Labute approximate surface area is 163 Å².